The van der Waals surface area contributed by atoms with Crippen molar-refractivity contribution < 1.29 is 27.5 Å². The van der Waals surface area contributed by atoms with Crippen LogP contribution in [0.3, 0.4) is 0 Å². The Kier molecular flexibility index (Phi) is 8.21. The number of anilines is 1. The number of imidazole rings is 1. The van der Waals surface area contributed by atoms with Crippen molar-refractivity contribution in [1.29, 1.82) is 0 Å². The maximum atomic E-state index is 16.1. The van der Waals surface area contributed by atoms with E-state index >= 15 is 4.39 Å². The van der Waals surface area contributed by atoms with Crippen LogP contribution in [-0.4, -0.2) is 55.2 Å². The van der Waals surface area contributed by atoms with Crippen molar-refractivity contribution in [2.45, 2.75) is 45.3 Å². The van der Waals surface area contributed by atoms with Crippen molar-refractivity contribution in [2.75, 3.05) is 18.5 Å². The Bertz CT molecular complexity index is 1490. The van der Waals surface area contributed by atoms with Gasteiger partial charge in [-0.05, 0) is 45.9 Å². The van der Waals surface area contributed by atoms with Gasteiger partial charge in [-0.3, -0.25) is 5.32 Å². The van der Waals surface area contributed by atoms with Gasteiger partial charge in [0.15, 0.2) is 5.82 Å². The molecule has 1 saturated heterocycles. The number of nitrogens with zero attached hydrogens (tertiary/aromatic N) is 5. The van der Waals surface area contributed by atoms with Gasteiger partial charge in [0.2, 0.25) is 5.95 Å². The van der Waals surface area contributed by atoms with Crippen LogP contribution in [0.15, 0.2) is 31.2 Å². The molecule has 4 rings (SSSR count). The number of carbonyl (C=O) groups is 1. The molecule has 1 fully saturated rings. The van der Waals surface area contributed by atoms with E-state index in [9.17, 15) is 19.8 Å². The Morgan fingerprint density at radius 3 is 2.73 bits per heavy atom. The quantitative estimate of drug-likeness (QED) is 0.133. The first kappa shape index (κ1) is 29.1. The van der Waals surface area contributed by atoms with Crippen molar-refractivity contribution in [2.24, 2.45) is 0 Å². The smallest absolute Gasteiger partial charge is 0.565 e. The van der Waals surface area contributed by atoms with Crippen molar-refractivity contribution in [1.82, 2.24) is 30.1 Å². The second kappa shape index (κ2) is 11.3. The first-order valence-corrected chi connectivity index (χ1v) is 13.8. The van der Waals surface area contributed by atoms with Gasteiger partial charge in [-0.2, -0.15) is 4.57 Å². The third kappa shape index (κ3) is 5.54. The van der Waals surface area contributed by atoms with Gasteiger partial charge in [0.1, 0.15) is 18.1 Å². The zero-order valence-electron chi connectivity index (χ0n) is 22.1. The highest BCUT2D eigenvalue weighted by Crippen LogP contribution is 2.55. The van der Waals surface area contributed by atoms with Gasteiger partial charge in [-0.25, -0.2) is 28.7 Å². The molecule has 16 heteroatoms. The van der Waals surface area contributed by atoms with Gasteiger partial charge in [-0.15, -0.1) is 4.51 Å². The summed E-state index contributed by atoms with van der Waals surface area (Å²) in [5.41, 5.74) is -0.147. The van der Waals surface area contributed by atoms with Crippen molar-refractivity contribution in [3.05, 3.63) is 58.9 Å². The van der Waals surface area contributed by atoms with E-state index in [4.69, 9.17) is 9.26 Å². The minimum Gasteiger partial charge on any atom is -0.747 e. The highest BCUT2D eigenvalue weighted by Gasteiger charge is 2.43. The summed E-state index contributed by atoms with van der Waals surface area (Å²) < 4.78 is 39.7. The molecule has 1 aromatic carbocycles. The summed E-state index contributed by atoms with van der Waals surface area (Å²) in [5.74, 6) is -0.484. The van der Waals surface area contributed by atoms with E-state index in [0.29, 0.717) is 36.8 Å². The number of hydrogen-bond acceptors (Lipinski definition) is 9. The van der Waals surface area contributed by atoms with Crippen LogP contribution in [0.2, 0.25) is 0 Å². The summed E-state index contributed by atoms with van der Waals surface area (Å²) in [5, 5.41) is 29.0. The SMILES string of the molecule is C=CN([O-])P(=O)(OC(C)(C)c1ncc(-c2cc3[nH]c(NC(=O)NCC)nc3c([C@H]3CCCO3)c2F)cn1)[N+](=C)[O-]. The number of aromatic nitrogens is 4. The molecule has 2 atom stereocenters. The van der Waals surface area contributed by atoms with Crippen molar-refractivity contribution in [3.63, 3.8) is 0 Å². The Morgan fingerprint density at radius 2 is 2.15 bits per heavy atom. The van der Waals surface area contributed by atoms with E-state index in [-0.39, 0.29) is 37.8 Å². The number of hydrogen-bond donors (Lipinski definition) is 3. The molecule has 3 N–H and O–H groups in total. The minimum absolute atomic E-state index is 0.0356. The lowest BCUT2D eigenvalue weighted by atomic mass is 9.98. The molecule has 1 aliphatic rings. The third-order valence-corrected chi connectivity index (χ3v) is 8.02. The molecule has 14 nitrogen and oxygen atoms in total. The Balaban J connectivity index is 1.73. The largest absolute Gasteiger partial charge is 0.747 e. The van der Waals surface area contributed by atoms with E-state index < -0.39 is 31.2 Å². The molecular formula is C24H29FN8O6P-. The number of benzene rings is 1. The van der Waals surface area contributed by atoms with Crippen LogP contribution in [0.5, 0.6) is 0 Å². The van der Waals surface area contributed by atoms with Crippen LogP contribution >= 0.6 is 7.67 Å². The fourth-order valence-electron chi connectivity index (χ4n) is 4.24. The molecule has 0 spiro atoms. The fraction of sp³-hybridized carbons (Fsp3) is 0.375. The van der Waals surface area contributed by atoms with Gasteiger partial charge in [-0.1, -0.05) is 6.58 Å². The lowest BCUT2D eigenvalue weighted by Crippen LogP contribution is -2.28. The maximum Gasteiger partial charge on any atom is 0.565 e. The topological polar surface area (TPSA) is 183 Å². The first-order valence-electron chi connectivity index (χ1n) is 12.3. The molecule has 0 aliphatic carbocycles. The molecule has 0 saturated carbocycles. The standard InChI is InChI=1S/C24H29FN8O6P/c1-6-26-23(34)31-22-29-16-11-15(19(25)18(20(16)30-22)17-9-8-10-38-17)14-12-27-21(28-13-14)24(3,4)39-40(37,32(5)35)33(36)7-2/h7,11-13,17H,2,5-6,8-10H2,1,3-4H3,(H3,26,29,30,31,34)/q-1/t17-,40?/m1/s1. The van der Waals surface area contributed by atoms with Crippen LogP contribution < -0.4 is 10.6 Å². The van der Waals surface area contributed by atoms with Crippen LogP contribution in [0.1, 0.15) is 51.1 Å². The first-order chi connectivity index (χ1) is 18.9. The molecule has 1 aliphatic heterocycles. The Morgan fingerprint density at radius 1 is 1.45 bits per heavy atom. The number of rotatable bonds is 10. The molecule has 1 unspecified atom stereocenters. The van der Waals surface area contributed by atoms with Gasteiger partial charge in [0, 0.05) is 42.2 Å². The third-order valence-electron chi connectivity index (χ3n) is 6.11. The van der Waals surface area contributed by atoms with Crippen LogP contribution in [-0.2, 0) is 19.4 Å². The molecule has 0 radical (unpaired) electrons. The number of carbonyl (C=O) groups excluding carboxylic acids is 1. The van der Waals surface area contributed by atoms with Gasteiger partial charge < -0.3 is 30.3 Å². The number of amides is 2. The Labute approximate surface area is 229 Å². The monoisotopic (exact) mass is 575 g/mol. The second-order valence-electron chi connectivity index (χ2n) is 9.34. The lowest BCUT2D eigenvalue weighted by Gasteiger charge is -2.34. The lowest BCUT2D eigenvalue weighted by molar-refractivity contribution is -0.308. The van der Waals surface area contributed by atoms with Gasteiger partial charge in [0.25, 0.3) is 0 Å². The number of aromatic amines is 1. The number of ether oxygens (including phenoxy) is 1. The van der Waals surface area contributed by atoms with E-state index in [1.54, 1.807) is 6.92 Å². The number of hydroxylamine groups is 1. The maximum absolute atomic E-state index is 16.1. The molecule has 40 heavy (non-hydrogen) atoms. The fourth-order valence-corrected chi connectivity index (χ4v) is 5.49. The highest BCUT2D eigenvalue weighted by molar-refractivity contribution is 7.50. The summed E-state index contributed by atoms with van der Waals surface area (Å²) in [6.07, 6.45) is 4.09. The molecule has 3 aromatic rings. The van der Waals surface area contributed by atoms with E-state index in [1.165, 1.54) is 32.3 Å². The van der Waals surface area contributed by atoms with Crippen molar-refractivity contribution in [3.8, 4) is 11.1 Å². The number of H-pyrrole nitrogens is 1. The van der Waals surface area contributed by atoms with Crippen LogP contribution in [0.25, 0.3) is 22.2 Å². The summed E-state index contributed by atoms with van der Waals surface area (Å²) in [6, 6.07) is 1.05. The average Bonchev–Trinajstić information content (AvgIpc) is 3.57. The van der Waals surface area contributed by atoms with Crippen LogP contribution in [0.4, 0.5) is 15.1 Å². The second-order valence-corrected chi connectivity index (χ2v) is 11.3. The molecule has 2 amide bonds. The molecule has 214 valence electrons. The molecular weight excluding hydrogens is 546 g/mol. The summed E-state index contributed by atoms with van der Waals surface area (Å²) in [7, 11) is -4.68. The summed E-state index contributed by atoms with van der Waals surface area (Å²) >= 11 is 0. The average molecular weight is 576 g/mol. The van der Waals surface area contributed by atoms with E-state index in [0.717, 1.165) is 6.42 Å². The predicted molar refractivity (Wildman–Crippen MR) is 146 cm³/mol. The molecule has 3 heterocycles. The number of urea groups is 1. The summed E-state index contributed by atoms with van der Waals surface area (Å²) in [6.45, 7) is 11.7. The zero-order valence-corrected chi connectivity index (χ0v) is 23.0. The van der Waals surface area contributed by atoms with Gasteiger partial charge in [0.05, 0.1) is 17.1 Å². The molecule has 0 bridgehead atoms. The zero-order chi connectivity index (χ0) is 29.2. The number of fused-ring (bicyclic) bond motifs is 1. The summed E-state index contributed by atoms with van der Waals surface area (Å²) in [4.78, 5) is 27.7. The normalized spacial score (nSPS) is 16.9. The number of halogens is 1. The highest BCUT2D eigenvalue weighted by atomic mass is 31.2. The number of nitrogens with one attached hydrogen (secondary N) is 3. The van der Waals surface area contributed by atoms with E-state index in [1.807, 2.05) is 0 Å². The minimum atomic E-state index is -4.68. The predicted octanol–water partition coefficient (Wildman–Crippen LogP) is 4.67. The van der Waals surface area contributed by atoms with Gasteiger partial charge >= 0.3 is 13.7 Å². The Hall–Kier alpha value is -3.91. The van der Waals surface area contributed by atoms with Crippen LogP contribution in [0, 0.1) is 16.2 Å². The molecule has 2 aromatic heterocycles. The van der Waals surface area contributed by atoms with E-state index in [2.05, 4.69) is 43.9 Å². The van der Waals surface area contributed by atoms with Crippen molar-refractivity contribution >= 4 is 37.4 Å².